The molecule has 0 spiro atoms. The third-order valence-corrected chi connectivity index (χ3v) is 3.17. The molecule has 0 aliphatic heterocycles. The molecular weight excluding hydrogens is 338 g/mol. The number of aromatic nitrogens is 2. The Hall–Kier alpha value is -3.36. The van der Waals surface area contributed by atoms with Gasteiger partial charge in [0.1, 0.15) is 0 Å². The fourth-order valence-corrected chi connectivity index (χ4v) is 2.08. The Kier molecular flexibility index (Phi) is 6.72. The van der Waals surface area contributed by atoms with E-state index in [-0.39, 0.29) is 24.0 Å². The first kappa shape index (κ1) is 19.0. The molecule has 1 amide bonds. The van der Waals surface area contributed by atoms with E-state index < -0.39 is 0 Å². The SMILES string of the molecule is CCNC(=O)COc1ccc(/C=N/Nc2nc(C)cc(=O)[nH]2)cc1OC. The van der Waals surface area contributed by atoms with Gasteiger partial charge in [0, 0.05) is 18.3 Å². The number of methoxy groups -OCH3 is 1. The number of hydrogen-bond donors (Lipinski definition) is 3. The zero-order valence-electron chi connectivity index (χ0n) is 14.8. The van der Waals surface area contributed by atoms with Crippen LogP contribution >= 0.6 is 0 Å². The van der Waals surface area contributed by atoms with Crippen molar-refractivity contribution in [2.45, 2.75) is 13.8 Å². The van der Waals surface area contributed by atoms with E-state index in [0.29, 0.717) is 23.7 Å². The Morgan fingerprint density at radius 3 is 2.85 bits per heavy atom. The lowest BCUT2D eigenvalue weighted by Gasteiger charge is -2.11. The molecule has 2 rings (SSSR count). The number of amides is 1. The van der Waals surface area contributed by atoms with Crippen LogP contribution in [-0.4, -0.2) is 42.4 Å². The zero-order chi connectivity index (χ0) is 18.9. The predicted octanol–water partition coefficient (Wildman–Crippen LogP) is 1.05. The van der Waals surface area contributed by atoms with Crippen LogP contribution in [0.15, 0.2) is 34.2 Å². The van der Waals surface area contributed by atoms with Gasteiger partial charge in [0.2, 0.25) is 5.95 Å². The Morgan fingerprint density at radius 2 is 2.15 bits per heavy atom. The minimum atomic E-state index is -0.259. The fraction of sp³-hybridized carbons (Fsp3) is 0.294. The maximum atomic E-state index is 11.5. The minimum absolute atomic E-state index is 0.0917. The number of carbonyl (C=O) groups excluding carboxylic acids is 1. The smallest absolute Gasteiger partial charge is 0.257 e. The Labute approximate surface area is 150 Å². The van der Waals surface area contributed by atoms with E-state index in [1.54, 1.807) is 31.3 Å². The van der Waals surface area contributed by atoms with E-state index in [1.165, 1.54) is 13.2 Å². The van der Waals surface area contributed by atoms with Crippen molar-refractivity contribution in [1.82, 2.24) is 15.3 Å². The van der Waals surface area contributed by atoms with Crippen molar-refractivity contribution in [1.29, 1.82) is 0 Å². The van der Waals surface area contributed by atoms with Crippen molar-refractivity contribution in [2.24, 2.45) is 5.10 Å². The second-order valence-corrected chi connectivity index (χ2v) is 5.26. The van der Waals surface area contributed by atoms with Crippen molar-refractivity contribution in [2.75, 3.05) is 25.7 Å². The van der Waals surface area contributed by atoms with E-state index in [4.69, 9.17) is 9.47 Å². The van der Waals surface area contributed by atoms with Gasteiger partial charge >= 0.3 is 0 Å². The second kappa shape index (κ2) is 9.21. The van der Waals surface area contributed by atoms with Gasteiger partial charge in [-0.25, -0.2) is 10.4 Å². The number of nitrogens with one attached hydrogen (secondary N) is 3. The highest BCUT2D eigenvalue weighted by molar-refractivity contribution is 5.81. The number of hydrazone groups is 1. The highest BCUT2D eigenvalue weighted by atomic mass is 16.5. The number of anilines is 1. The summed E-state index contributed by atoms with van der Waals surface area (Å²) in [4.78, 5) is 29.5. The van der Waals surface area contributed by atoms with Crippen LogP contribution in [0.3, 0.4) is 0 Å². The first-order valence-corrected chi connectivity index (χ1v) is 7.96. The van der Waals surface area contributed by atoms with Crippen molar-refractivity contribution < 1.29 is 14.3 Å². The first-order chi connectivity index (χ1) is 12.5. The summed E-state index contributed by atoms with van der Waals surface area (Å²) >= 11 is 0. The number of aryl methyl sites for hydroxylation is 1. The highest BCUT2D eigenvalue weighted by Crippen LogP contribution is 2.27. The molecule has 2 aromatic rings. The van der Waals surface area contributed by atoms with Gasteiger partial charge in [0.05, 0.1) is 13.3 Å². The van der Waals surface area contributed by atoms with Crippen LogP contribution < -0.4 is 25.8 Å². The van der Waals surface area contributed by atoms with Crippen molar-refractivity contribution in [3.8, 4) is 11.5 Å². The number of benzene rings is 1. The number of H-pyrrole nitrogens is 1. The normalized spacial score (nSPS) is 10.6. The van der Waals surface area contributed by atoms with E-state index in [1.807, 2.05) is 6.92 Å². The molecule has 9 heteroatoms. The summed E-state index contributed by atoms with van der Waals surface area (Å²) in [5.74, 6) is 0.970. The largest absolute Gasteiger partial charge is 0.493 e. The van der Waals surface area contributed by atoms with Crippen LogP contribution in [0.1, 0.15) is 18.2 Å². The number of hydrogen-bond acceptors (Lipinski definition) is 7. The molecule has 3 N–H and O–H groups in total. The average Bonchev–Trinajstić information content (AvgIpc) is 2.60. The molecule has 0 aliphatic rings. The summed E-state index contributed by atoms with van der Waals surface area (Å²) in [5.41, 5.74) is 3.72. The predicted molar refractivity (Wildman–Crippen MR) is 98.0 cm³/mol. The molecular formula is C17H21N5O4. The van der Waals surface area contributed by atoms with Crippen molar-refractivity contribution in [3.63, 3.8) is 0 Å². The number of ether oxygens (including phenoxy) is 2. The van der Waals surface area contributed by atoms with Gasteiger partial charge in [0.15, 0.2) is 18.1 Å². The first-order valence-electron chi connectivity index (χ1n) is 7.96. The molecule has 1 heterocycles. The van der Waals surface area contributed by atoms with Gasteiger partial charge in [-0.3, -0.25) is 14.6 Å². The van der Waals surface area contributed by atoms with Crippen LogP contribution in [-0.2, 0) is 4.79 Å². The van der Waals surface area contributed by atoms with E-state index in [0.717, 1.165) is 5.56 Å². The molecule has 9 nitrogen and oxygen atoms in total. The molecule has 0 atom stereocenters. The van der Waals surface area contributed by atoms with Crippen LogP contribution in [0.4, 0.5) is 5.95 Å². The molecule has 26 heavy (non-hydrogen) atoms. The molecule has 0 radical (unpaired) electrons. The maximum absolute atomic E-state index is 11.5. The van der Waals surface area contributed by atoms with E-state index in [9.17, 15) is 9.59 Å². The Bertz CT molecular complexity index is 847. The lowest BCUT2D eigenvalue weighted by atomic mass is 10.2. The summed E-state index contributed by atoms with van der Waals surface area (Å²) in [6, 6.07) is 6.54. The number of aromatic amines is 1. The molecule has 0 bridgehead atoms. The third-order valence-electron chi connectivity index (χ3n) is 3.17. The summed E-state index contributed by atoms with van der Waals surface area (Å²) in [7, 11) is 1.51. The average molecular weight is 359 g/mol. The number of rotatable bonds is 8. The van der Waals surface area contributed by atoms with Gasteiger partial charge in [-0.15, -0.1) is 0 Å². The van der Waals surface area contributed by atoms with Gasteiger partial charge in [-0.2, -0.15) is 5.10 Å². The monoisotopic (exact) mass is 359 g/mol. The topological polar surface area (TPSA) is 118 Å². The lowest BCUT2D eigenvalue weighted by Crippen LogP contribution is -2.28. The molecule has 0 aliphatic carbocycles. The zero-order valence-corrected chi connectivity index (χ0v) is 14.8. The van der Waals surface area contributed by atoms with Crippen LogP contribution in [0.5, 0.6) is 11.5 Å². The van der Waals surface area contributed by atoms with Crippen molar-refractivity contribution in [3.05, 3.63) is 45.9 Å². The molecule has 1 aromatic carbocycles. The van der Waals surface area contributed by atoms with Crippen LogP contribution in [0.25, 0.3) is 0 Å². The van der Waals surface area contributed by atoms with E-state index in [2.05, 4.69) is 25.8 Å². The fourth-order valence-electron chi connectivity index (χ4n) is 2.08. The molecule has 0 saturated carbocycles. The number of carbonyl (C=O) groups is 1. The van der Waals surface area contributed by atoms with E-state index >= 15 is 0 Å². The maximum Gasteiger partial charge on any atom is 0.257 e. The van der Waals surface area contributed by atoms with Gasteiger partial charge in [-0.05, 0) is 37.6 Å². The Balaban J connectivity index is 2.03. The van der Waals surface area contributed by atoms with Gasteiger partial charge in [0.25, 0.3) is 11.5 Å². The molecule has 0 unspecified atom stereocenters. The van der Waals surface area contributed by atoms with Crippen LogP contribution in [0.2, 0.25) is 0 Å². The van der Waals surface area contributed by atoms with Gasteiger partial charge in [-0.1, -0.05) is 0 Å². The van der Waals surface area contributed by atoms with Gasteiger partial charge < -0.3 is 14.8 Å². The second-order valence-electron chi connectivity index (χ2n) is 5.26. The minimum Gasteiger partial charge on any atom is -0.493 e. The summed E-state index contributed by atoms with van der Waals surface area (Å²) in [5, 5.41) is 6.68. The molecule has 0 saturated heterocycles. The summed E-state index contributed by atoms with van der Waals surface area (Å²) < 4.78 is 10.7. The number of nitrogens with zero attached hydrogens (tertiary/aromatic N) is 2. The van der Waals surface area contributed by atoms with Crippen molar-refractivity contribution >= 4 is 18.1 Å². The summed E-state index contributed by atoms with van der Waals surface area (Å²) in [6.45, 7) is 4.01. The highest BCUT2D eigenvalue weighted by Gasteiger charge is 2.07. The molecule has 138 valence electrons. The lowest BCUT2D eigenvalue weighted by molar-refractivity contribution is -0.123. The standard InChI is InChI=1S/C17H21N5O4/c1-4-18-16(24)10-26-13-6-5-12(8-14(13)25-3)9-19-22-17-20-11(2)7-15(23)21-17/h5-9H,4,10H2,1-3H3,(H,18,24)(H2,20,21,22,23)/b19-9+. The van der Waals surface area contributed by atoms with Crippen LogP contribution in [0, 0.1) is 6.92 Å². The quantitative estimate of drug-likeness (QED) is 0.479. The third kappa shape index (κ3) is 5.62. The summed E-state index contributed by atoms with van der Waals surface area (Å²) in [6.07, 6.45) is 1.54. The molecule has 1 aromatic heterocycles. The Morgan fingerprint density at radius 1 is 1.35 bits per heavy atom. The number of likely N-dealkylation sites (N-methyl/N-ethyl adjacent to an activating group) is 1. The molecule has 0 fully saturated rings.